The summed E-state index contributed by atoms with van der Waals surface area (Å²) >= 11 is 1.57. The van der Waals surface area contributed by atoms with Crippen molar-refractivity contribution in [1.82, 2.24) is 0 Å². The lowest BCUT2D eigenvalue weighted by molar-refractivity contribution is 0.102. The number of hydrogen-bond donors (Lipinski definition) is 1. The molecule has 0 atom stereocenters. The molecule has 0 aliphatic rings. The average molecular weight is 289 g/mol. The van der Waals surface area contributed by atoms with Crippen LogP contribution < -0.4 is 5.32 Å². The van der Waals surface area contributed by atoms with Gasteiger partial charge in [0.15, 0.2) is 0 Å². The topological polar surface area (TPSA) is 29.1 Å². The zero-order valence-electron chi connectivity index (χ0n) is 11.7. The molecule has 1 N–H and O–H groups in total. The predicted octanol–water partition coefficient (Wildman–Crippen LogP) is 4.42. The molecule has 0 aliphatic heterocycles. The number of anilines is 1. The highest BCUT2D eigenvalue weighted by molar-refractivity contribution is 7.98. The molecule has 2 nitrogen and oxygen atoms in total. The van der Waals surface area contributed by atoms with Crippen molar-refractivity contribution in [3.63, 3.8) is 0 Å². The Kier molecular flexibility index (Phi) is 4.45. The Bertz CT molecular complexity index is 655. The van der Waals surface area contributed by atoms with Gasteiger partial charge >= 0.3 is 0 Å². The Hall–Kier alpha value is -1.81. The summed E-state index contributed by atoms with van der Waals surface area (Å²) in [5.74, 6) is -0.710. The summed E-state index contributed by atoms with van der Waals surface area (Å²) in [7, 11) is 0. The maximum atomic E-state index is 13.8. The molecule has 0 radical (unpaired) electrons. The van der Waals surface area contributed by atoms with Crippen LogP contribution in [0.5, 0.6) is 0 Å². The van der Waals surface area contributed by atoms with Gasteiger partial charge in [-0.25, -0.2) is 4.39 Å². The minimum atomic E-state index is -0.419. The number of benzene rings is 2. The summed E-state index contributed by atoms with van der Waals surface area (Å²) in [5.41, 5.74) is 2.46. The van der Waals surface area contributed by atoms with Crippen molar-refractivity contribution in [1.29, 1.82) is 0 Å². The zero-order chi connectivity index (χ0) is 14.7. The standard InChI is InChI=1S/C16H16FNOS/c1-10-4-7-15(14(17)8-10)18-16(19)13-9-12(20-3)6-5-11(13)2/h4-9H,1-3H3,(H,18,19). The molecule has 104 valence electrons. The Morgan fingerprint density at radius 1 is 1.15 bits per heavy atom. The van der Waals surface area contributed by atoms with Gasteiger partial charge in [0.05, 0.1) is 5.69 Å². The van der Waals surface area contributed by atoms with Gasteiger partial charge in [0.2, 0.25) is 0 Å². The van der Waals surface area contributed by atoms with E-state index < -0.39 is 5.82 Å². The molecule has 2 rings (SSSR count). The average Bonchev–Trinajstić information content (AvgIpc) is 2.42. The van der Waals surface area contributed by atoms with Gasteiger partial charge in [0.1, 0.15) is 5.82 Å². The van der Waals surface area contributed by atoms with Crippen LogP contribution in [0.1, 0.15) is 21.5 Å². The van der Waals surface area contributed by atoms with Crippen molar-refractivity contribution in [2.75, 3.05) is 11.6 Å². The molecule has 0 spiro atoms. The van der Waals surface area contributed by atoms with Gasteiger partial charge < -0.3 is 5.32 Å². The molecule has 0 saturated carbocycles. The number of carbonyl (C=O) groups excluding carboxylic acids is 1. The normalized spacial score (nSPS) is 10.4. The van der Waals surface area contributed by atoms with E-state index in [1.807, 2.05) is 31.4 Å². The lowest BCUT2D eigenvalue weighted by Crippen LogP contribution is -2.14. The van der Waals surface area contributed by atoms with Crippen molar-refractivity contribution in [2.45, 2.75) is 18.7 Å². The molecule has 4 heteroatoms. The first-order valence-electron chi connectivity index (χ1n) is 6.23. The van der Waals surface area contributed by atoms with Crippen molar-refractivity contribution in [3.05, 3.63) is 58.9 Å². The minimum absolute atomic E-state index is 0.203. The first kappa shape index (κ1) is 14.6. The van der Waals surface area contributed by atoms with E-state index in [-0.39, 0.29) is 11.6 Å². The molecule has 0 heterocycles. The summed E-state index contributed by atoms with van der Waals surface area (Å²) < 4.78 is 13.8. The second-order valence-electron chi connectivity index (χ2n) is 4.62. The molecule has 0 unspecified atom stereocenters. The lowest BCUT2D eigenvalue weighted by Gasteiger charge is -2.10. The third-order valence-electron chi connectivity index (χ3n) is 3.06. The summed E-state index contributed by atoms with van der Waals surface area (Å²) in [6.07, 6.45) is 1.95. The number of aryl methyl sites for hydroxylation is 2. The third kappa shape index (κ3) is 3.20. The fourth-order valence-electron chi connectivity index (χ4n) is 1.88. The first-order valence-corrected chi connectivity index (χ1v) is 7.46. The van der Waals surface area contributed by atoms with Crippen LogP contribution in [0.3, 0.4) is 0 Å². The molecule has 0 aliphatic carbocycles. The van der Waals surface area contributed by atoms with Crippen LogP contribution in [-0.2, 0) is 0 Å². The van der Waals surface area contributed by atoms with Crippen molar-refractivity contribution in [3.8, 4) is 0 Å². The fourth-order valence-corrected chi connectivity index (χ4v) is 2.32. The highest BCUT2D eigenvalue weighted by Gasteiger charge is 2.12. The number of hydrogen-bond acceptors (Lipinski definition) is 2. The third-order valence-corrected chi connectivity index (χ3v) is 3.79. The summed E-state index contributed by atoms with van der Waals surface area (Å²) in [4.78, 5) is 13.3. The molecular weight excluding hydrogens is 273 g/mol. The van der Waals surface area contributed by atoms with Crippen LogP contribution in [0, 0.1) is 19.7 Å². The predicted molar refractivity (Wildman–Crippen MR) is 82.1 cm³/mol. The molecular formula is C16H16FNOS. The van der Waals surface area contributed by atoms with Crippen molar-refractivity contribution < 1.29 is 9.18 Å². The first-order chi connectivity index (χ1) is 9.51. The molecule has 20 heavy (non-hydrogen) atoms. The molecule has 2 aromatic carbocycles. The van der Waals surface area contributed by atoms with Crippen LogP contribution in [0.25, 0.3) is 0 Å². The quantitative estimate of drug-likeness (QED) is 0.848. The SMILES string of the molecule is CSc1ccc(C)c(C(=O)Nc2ccc(C)cc2F)c1. The van der Waals surface area contributed by atoms with E-state index in [1.165, 1.54) is 6.07 Å². The van der Waals surface area contributed by atoms with E-state index >= 15 is 0 Å². The number of carbonyl (C=O) groups is 1. The zero-order valence-corrected chi connectivity index (χ0v) is 12.5. The number of nitrogens with one attached hydrogen (secondary N) is 1. The summed E-state index contributed by atoms with van der Waals surface area (Å²) in [5, 5.41) is 2.62. The highest BCUT2D eigenvalue weighted by Crippen LogP contribution is 2.21. The molecule has 0 fully saturated rings. The van der Waals surface area contributed by atoms with Crippen LogP contribution in [0.2, 0.25) is 0 Å². The Labute approximate surface area is 122 Å². The van der Waals surface area contributed by atoms with E-state index in [1.54, 1.807) is 30.8 Å². The minimum Gasteiger partial charge on any atom is -0.319 e. The number of rotatable bonds is 3. The second kappa shape index (κ2) is 6.09. The largest absolute Gasteiger partial charge is 0.319 e. The van der Waals surface area contributed by atoms with Crippen LogP contribution in [0.15, 0.2) is 41.3 Å². The van der Waals surface area contributed by atoms with Gasteiger partial charge in [0.25, 0.3) is 5.91 Å². The van der Waals surface area contributed by atoms with Crippen LogP contribution in [0.4, 0.5) is 10.1 Å². The Balaban J connectivity index is 2.28. The monoisotopic (exact) mass is 289 g/mol. The number of thioether (sulfide) groups is 1. The van der Waals surface area contributed by atoms with E-state index in [0.717, 1.165) is 16.0 Å². The van der Waals surface area contributed by atoms with Gasteiger partial charge in [-0.1, -0.05) is 12.1 Å². The number of halogens is 1. The van der Waals surface area contributed by atoms with E-state index in [2.05, 4.69) is 5.32 Å². The van der Waals surface area contributed by atoms with Gasteiger partial charge in [-0.05, 0) is 55.5 Å². The highest BCUT2D eigenvalue weighted by atomic mass is 32.2. The van der Waals surface area contributed by atoms with Gasteiger partial charge in [-0.3, -0.25) is 4.79 Å². The Morgan fingerprint density at radius 2 is 1.90 bits per heavy atom. The van der Waals surface area contributed by atoms with Gasteiger partial charge in [0, 0.05) is 10.5 Å². The fraction of sp³-hybridized carbons (Fsp3) is 0.188. The van der Waals surface area contributed by atoms with E-state index in [9.17, 15) is 9.18 Å². The van der Waals surface area contributed by atoms with E-state index in [4.69, 9.17) is 0 Å². The van der Waals surface area contributed by atoms with E-state index in [0.29, 0.717) is 5.56 Å². The maximum absolute atomic E-state index is 13.8. The second-order valence-corrected chi connectivity index (χ2v) is 5.50. The summed E-state index contributed by atoms with van der Waals surface area (Å²) in [6, 6.07) is 10.4. The number of amides is 1. The Morgan fingerprint density at radius 3 is 2.55 bits per heavy atom. The molecule has 0 saturated heterocycles. The molecule has 0 aromatic heterocycles. The molecule has 2 aromatic rings. The lowest BCUT2D eigenvalue weighted by atomic mass is 10.1. The summed E-state index contributed by atoms with van der Waals surface area (Å²) in [6.45, 7) is 3.67. The van der Waals surface area contributed by atoms with Crippen molar-refractivity contribution in [2.24, 2.45) is 0 Å². The molecule has 0 bridgehead atoms. The van der Waals surface area contributed by atoms with Crippen LogP contribution >= 0.6 is 11.8 Å². The van der Waals surface area contributed by atoms with Gasteiger partial charge in [-0.15, -0.1) is 11.8 Å². The molecule has 1 amide bonds. The van der Waals surface area contributed by atoms with Crippen LogP contribution in [-0.4, -0.2) is 12.2 Å². The van der Waals surface area contributed by atoms with Gasteiger partial charge in [-0.2, -0.15) is 0 Å². The smallest absolute Gasteiger partial charge is 0.256 e. The van der Waals surface area contributed by atoms with Crippen molar-refractivity contribution >= 4 is 23.4 Å². The maximum Gasteiger partial charge on any atom is 0.256 e.